The summed E-state index contributed by atoms with van der Waals surface area (Å²) in [6.07, 6.45) is 9.39. The Morgan fingerprint density at radius 1 is 1.08 bits per heavy atom. The molecule has 0 radical (unpaired) electrons. The molecule has 8 heteroatoms. The number of nitrogens with zero attached hydrogens (tertiary/aromatic N) is 2. The van der Waals surface area contributed by atoms with Crippen molar-refractivity contribution in [3.8, 4) is 0 Å². The van der Waals surface area contributed by atoms with Crippen molar-refractivity contribution >= 4 is 16.0 Å². The third-order valence-corrected chi connectivity index (χ3v) is 5.47. The Morgan fingerprint density at radius 2 is 1.81 bits per heavy atom. The molecule has 0 aliphatic rings. The van der Waals surface area contributed by atoms with Crippen LogP contribution in [0.3, 0.4) is 0 Å². The Kier molecular flexibility index (Phi) is 7.68. The van der Waals surface area contributed by atoms with Gasteiger partial charge in [-0.1, -0.05) is 18.9 Å². The summed E-state index contributed by atoms with van der Waals surface area (Å²) in [5, 5.41) is 8.69. The number of nitrogens with one attached hydrogen (secondary N) is 1. The fourth-order valence-corrected chi connectivity index (χ4v) is 3.69. The van der Waals surface area contributed by atoms with Crippen LogP contribution in [-0.2, 0) is 14.8 Å². The molecule has 2 heterocycles. The zero-order valence-corrected chi connectivity index (χ0v) is 15.2. The quantitative estimate of drug-likeness (QED) is 0.583. The van der Waals surface area contributed by atoms with E-state index in [1.165, 1.54) is 18.5 Å². The largest absolute Gasteiger partial charge is 0.481 e. The van der Waals surface area contributed by atoms with Gasteiger partial charge in [0.25, 0.3) is 0 Å². The highest BCUT2D eigenvalue weighted by atomic mass is 32.2. The van der Waals surface area contributed by atoms with Crippen LogP contribution in [-0.4, -0.2) is 36.0 Å². The molecular formula is C18H23N3O4S. The van der Waals surface area contributed by atoms with Crippen LogP contribution in [0.25, 0.3) is 0 Å². The lowest BCUT2D eigenvalue weighted by Gasteiger charge is -2.18. The first-order valence-corrected chi connectivity index (χ1v) is 9.99. The van der Waals surface area contributed by atoms with E-state index in [2.05, 4.69) is 14.7 Å². The molecule has 0 aliphatic carbocycles. The van der Waals surface area contributed by atoms with Crippen molar-refractivity contribution in [2.75, 3.05) is 6.54 Å². The van der Waals surface area contributed by atoms with E-state index in [0.29, 0.717) is 6.42 Å². The number of pyridine rings is 2. The summed E-state index contributed by atoms with van der Waals surface area (Å²) in [4.78, 5) is 18.7. The highest BCUT2D eigenvalue weighted by molar-refractivity contribution is 7.89. The van der Waals surface area contributed by atoms with Crippen molar-refractivity contribution in [2.45, 2.75) is 42.9 Å². The minimum absolute atomic E-state index is 0.0278. The van der Waals surface area contributed by atoms with Gasteiger partial charge in [-0.3, -0.25) is 14.8 Å². The van der Waals surface area contributed by atoms with E-state index in [0.717, 1.165) is 24.8 Å². The molecule has 0 aliphatic heterocycles. The zero-order valence-electron chi connectivity index (χ0n) is 14.4. The van der Waals surface area contributed by atoms with Crippen molar-refractivity contribution in [3.05, 3.63) is 54.6 Å². The van der Waals surface area contributed by atoms with Crippen molar-refractivity contribution in [2.24, 2.45) is 0 Å². The molecule has 26 heavy (non-hydrogen) atoms. The number of hydrogen-bond donors (Lipinski definition) is 2. The summed E-state index contributed by atoms with van der Waals surface area (Å²) in [5.41, 5.74) is 0.958. The number of carboxylic acid groups (broad SMARTS) is 1. The van der Waals surface area contributed by atoms with Crippen LogP contribution in [0.1, 0.15) is 43.6 Å². The van der Waals surface area contributed by atoms with Crippen LogP contribution in [0.2, 0.25) is 0 Å². The number of hydrogen-bond acceptors (Lipinski definition) is 5. The minimum Gasteiger partial charge on any atom is -0.481 e. The molecular weight excluding hydrogens is 354 g/mol. The second kappa shape index (κ2) is 9.98. The van der Waals surface area contributed by atoms with Gasteiger partial charge in [0.15, 0.2) is 0 Å². The second-order valence-corrected chi connectivity index (χ2v) is 7.78. The van der Waals surface area contributed by atoms with E-state index in [1.807, 2.05) is 12.1 Å². The van der Waals surface area contributed by atoms with Gasteiger partial charge in [0.2, 0.25) is 10.0 Å². The first-order valence-electron chi connectivity index (χ1n) is 8.50. The summed E-state index contributed by atoms with van der Waals surface area (Å²) in [6, 6.07) is 6.82. The Balaban J connectivity index is 1.97. The molecule has 2 rings (SSSR count). The van der Waals surface area contributed by atoms with Gasteiger partial charge < -0.3 is 5.11 Å². The average molecular weight is 377 g/mol. The highest BCUT2D eigenvalue weighted by Gasteiger charge is 2.18. The Morgan fingerprint density at radius 3 is 2.42 bits per heavy atom. The first-order chi connectivity index (χ1) is 12.5. The molecule has 2 aromatic rings. The fourth-order valence-electron chi connectivity index (χ4n) is 2.65. The maximum atomic E-state index is 12.4. The molecule has 0 amide bonds. The van der Waals surface area contributed by atoms with Crippen LogP contribution >= 0.6 is 0 Å². The molecule has 7 nitrogen and oxygen atoms in total. The van der Waals surface area contributed by atoms with Crippen LogP contribution < -0.4 is 4.72 Å². The molecule has 0 fully saturated rings. The summed E-state index contributed by atoms with van der Waals surface area (Å²) in [6.45, 7) is 0.252. The number of rotatable bonds is 11. The maximum Gasteiger partial charge on any atom is 0.303 e. The zero-order chi connectivity index (χ0) is 18.8. The molecule has 2 aromatic heterocycles. The topological polar surface area (TPSA) is 109 Å². The van der Waals surface area contributed by atoms with Crippen LogP contribution in [0.4, 0.5) is 0 Å². The molecule has 0 saturated carbocycles. The standard InChI is InChI=1S/C18H23N3O4S/c22-18(23)9-3-1-2-6-16(15-7-4-10-19-12-15)13-21-26(24,25)17-8-5-11-20-14-17/h4-5,7-8,10-12,14,16,21H,1-3,6,9,13H2,(H,22,23). The van der Waals surface area contributed by atoms with Crippen LogP contribution in [0.15, 0.2) is 53.9 Å². The van der Waals surface area contributed by atoms with E-state index in [9.17, 15) is 13.2 Å². The maximum absolute atomic E-state index is 12.4. The molecule has 1 atom stereocenters. The van der Waals surface area contributed by atoms with Gasteiger partial charge in [-0.05, 0) is 42.5 Å². The van der Waals surface area contributed by atoms with Gasteiger partial charge in [0.1, 0.15) is 4.90 Å². The Hall–Kier alpha value is -2.32. The summed E-state index contributed by atoms with van der Waals surface area (Å²) in [7, 11) is -3.62. The van der Waals surface area contributed by atoms with Crippen molar-refractivity contribution in [1.82, 2.24) is 14.7 Å². The minimum atomic E-state index is -3.62. The normalized spacial score (nSPS) is 12.6. The fraction of sp³-hybridized carbons (Fsp3) is 0.389. The lowest BCUT2D eigenvalue weighted by molar-refractivity contribution is -0.137. The smallest absolute Gasteiger partial charge is 0.303 e. The number of aliphatic carboxylic acids is 1. The lowest BCUT2D eigenvalue weighted by Crippen LogP contribution is -2.28. The molecule has 0 bridgehead atoms. The summed E-state index contributed by atoms with van der Waals surface area (Å²) in [5.74, 6) is -0.821. The molecule has 1 unspecified atom stereocenters. The Bertz CT molecular complexity index is 783. The summed E-state index contributed by atoms with van der Waals surface area (Å²) >= 11 is 0. The van der Waals surface area contributed by atoms with Gasteiger partial charge in [-0.25, -0.2) is 13.1 Å². The number of sulfonamides is 1. The van der Waals surface area contributed by atoms with Gasteiger partial charge in [-0.2, -0.15) is 0 Å². The number of unbranched alkanes of at least 4 members (excludes halogenated alkanes) is 2. The predicted molar refractivity (Wildman–Crippen MR) is 97.1 cm³/mol. The number of aromatic nitrogens is 2. The van der Waals surface area contributed by atoms with E-state index < -0.39 is 16.0 Å². The monoisotopic (exact) mass is 377 g/mol. The van der Waals surface area contributed by atoms with E-state index in [4.69, 9.17) is 5.11 Å². The molecule has 0 aromatic carbocycles. The highest BCUT2D eigenvalue weighted by Crippen LogP contribution is 2.22. The van der Waals surface area contributed by atoms with Gasteiger partial charge in [-0.15, -0.1) is 0 Å². The van der Waals surface area contributed by atoms with Crippen molar-refractivity contribution < 1.29 is 18.3 Å². The predicted octanol–water partition coefficient (Wildman–Crippen LogP) is 2.57. The summed E-state index contributed by atoms with van der Waals surface area (Å²) < 4.78 is 27.4. The van der Waals surface area contributed by atoms with Crippen molar-refractivity contribution in [3.63, 3.8) is 0 Å². The lowest BCUT2D eigenvalue weighted by atomic mass is 9.94. The van der Waals surface area contributed by atoms with Gasteiger partial charge in [0.05, 0.1) is 0 Å². The molecule has 0 spiro atoms. The van der Waals surface area contributed by atoms with E-state index >= 15 is 0 Å². The molecule has 140 valence electrons. The van der Waals surface area contributed by atoms with Crippen LogP contribution in [0, 0.1) is 0 Å². The Labute approximate surface area is 153 Å². The van der Waals surface area contributed by atoms with Crippen LogP contribution in [0.5, 0.6) is 0 Å². The molecule has 2 N–H and O–H groups in total. The van der Waals surface area contributed by atoms with E-state index in [1.54, 1.807) is 18.5 Å². The van der Waals surface area contributed by atoms with Gasteiger partial charge in [0, 0.05) is 37.8 Å². The van der Waals surface area contributed by atoms with Crippen molar-refractivity contribution in [1.29, 1.82) is 0 Å². The second-order valence-electron chi connectivity index (χ2n) is 6.02. The number of carboxylic acids is 1. The third-order valence-electron chi connectivity index (χ3n) is 4.06. The number of carbonyl (C=O) groups is 1. The molecule has 0 saturated heterocycles. The average Bonchev–Trinajstić information content (AvgIpc) is 2.65. The third kappa shape index (κ3) is 6.53. The van der Waals surface area contributed by atoms with E-state index in [-0.39, 0.29) is 23.8 Å². The SMILES string of the molecule is O=C(O)CCCCCC(CNS(=O)(=O)c1cccnc1)c1cccnc1. The van der Waals surface area contributed by atoms with Gasteiger partial charge >= 0.3 is 5.97 Å². The first kappa shape index (κ1) is 20.0.